The predicted octanol–water partition coefficient (Wildman–Crippen LogP) is 2.40. The molecule has 6 atom stereocenters. The van der Waals surface area contributed by atoms with Crippen LogP contribution in [0.5, 0.6) is 0 Å². The normalized spacial score (nSPS) is 25.5. The third kappa shape index (κ3) is 5.73. The number of ether oxygens (including phenoxy) is 1. The van der Waals surface area contributed by atoms with E-state index >= 15 is 0 Å². The maximum Gasteiger partial charge on any atom is 0.356 e. The van der Waals surface area contributed by atoms with Gasteiger partial charge in [0.2, 0.25) is 11.8 Å². The Labute approximate surface area is 246 Å². The van der Waals surface area contributed by atoms with Gasteiger partial charge in [0, 0.05) is 28.3 Å². The van der Waals surface area contributed by atoms with Crippen molar-refractivity contribution >= 4 is 46.9 Å². The molecule has 3 heterocycles. The number of aromatic carboxylic acids is 1. The number of aliphatic hydroxyl groups excluding tert-OH is 1. The maximum absolute atomic E-state index is 13.4. The van der Waals surface area contributed by atoms with Crippen LogP contribution in [0.1, 0.15) is 36.2 Å². The van der Waals surface area contributed by atoms with Crippen molar-refractivity contribution in [3.8, 4) is 0 Å². The van der Waals surface area contributed by atoms with E-state index in [1.165, 1.54) is 28.8 Å². The number of β-lactam (4-membered cyclic amide) rings is 1. The number of carbonyl (C=O) groups excluding carboxylic acids is 3. The molecule has 3 aliphatic rings. The zero-order valence-corrected chi connectivity index (χ0v) is 23.8. The monoisotopic (exact) mass is 596 g/mol. The highest BCUT2D eigenvalue weighted by Crippen LogP contribution is 2.52. The molecule has 0 aromatic heterocycles. The Bertz CT molecular complexity index is 1430. The van der Waals surface area contributed by atoms with E-state index in [1.807, 2.05) is 12.4 Å². The highest BCUT2D eigenvalue weighted by molar-refractivity contribution is 8.03. The number of fused-ring (bicyclic) bond motifs is 1. The number of carboxylic acid groups (broad SMARTS) is 1. The summed E-state index contributed by atoms with van der Waals surface area (Å²) in [5, 5.41) is 34.3. The summed E-state index contributed by atoms with van der Waals surface area (Å²) < 4.78 is 5.61. The third-order valence-electron chi connectivity index (χ3n) is 7.83. The molecule has 2 aromatic rings. The maximum atomic E-state index is 13.4. The van der Waals surface area contributed by atoms with E-state index in [0.717, 1.165) is 0 Å². The first-order valence-electron chi connectivity index (χ1n) is 13.5. The van der Waals surface area contributed by atoms with Gasteiger partial charge in [0.25, 0.3) is 0 Å². The van der Waals surface area contributed by atoms with Gasteiger partial charge >= 0.3 is 11.9 Å². The van der Waals surface area contributed by atoms with Crippen LogP contribution in [0, 0.1) is 11.8 Å². The van der Waals surface area contributed by atoms with Crippen molar-refractivity contribution in [3.63, 3.8) is 0 Å². The molecule has 0 radical (unpaired) electrons. The largest absolute Gasteiger partial charge is 0.478 e. The number of amides is 2. The van der Waals surface area contributed by atoms with Gasteiger partial charge in [-0.2, -0.15) is 0 Å². The molecule has 2 saturated heterocycles. The lowest BCUT2D eigenvalue weighted by Crippen LogP contribution is -2.63. The molecule has 3 aliphatic heterocycles. The van der Waals surface area contributed by atoms with Gasteiger partial charge in [0.05, 0.1) is 35.4 Å². The van der Waals surface area contributed by atoms with Crippen molar-refractivity contribution in [3.05, 3.63) is 70.3 Å². The predicted molar refractivity (Wildman–Crippen MR) is 153 cm³/mol. The van der Waals surface area contributed by atoms with E-state index in [9.17, 15) is 29.4 Å². The molecule has 12 nitrogen and oxygen atoms in total. The van der Waals surface area contributed by atoms with Gasteiger partial charge in [-0.25, -0.2) is 9.59 Å². The minimum absolute atomic E-state index is 0.0385. The second-order valence-corrected chi connectivity index (χ2v) is 12.0. The number of carbonyl (C=O) groups is 4. The molecular formula is C29H32N4O8S. The van der Waals surface area contributed by atoms with E-state index in [4.69, 9.17) is 9.94 Å². The fourth-order valence-corrected chi connectivity index (χ4v) is 7.17. The Kier molecular flexibility index (Phi) is 8.55. The number of nitrogens with one attached hydrogen (secondary N) is 3. The SMILES string of the molecule is C[C@@H](O)[C@H]1C(=O)N2C(C(=O)OCc3ccc(NO)cc3)=C(S[C@@H]3CN[C@H](C(=O)Nc4cccc(C(=O)O)c4)C3)[C@H](C)[C@H]12. The first-order chi connectivity index (χ1) is 20.1. The van der Waals surface area contributed by atoms with Crippen LogP contribution < -0.4 is 16.1 Å². The lowest BCUT2D eigenvalue weighted by atomic mass is 9.79. The van der Waals surface area contributed by atoms with Gasteiger partial charge in [0.1, 0.15) is 12.3 Å². The second-order valence-electron chi connectivity index (χ2n) is 10.7. The van der Waals surface area contributed by atoms with Crippen molar-refractivity contribution in [1.29, 1.82) is 0 Å². The highest BCUT2D eigenvalue weighted by atomic mass is 32.2. The first-order valence-corrected chi connectivity index (χ1v) is 14.4. The van der Waals surface area contributed by atoms with Crippen molar-refractivity contribution in [2.24, 2.45) is 11.8 Å². The Hall–Kier alpha value is -3.91. The molecule has 5 rings (SSSR count). The number of benzene rings is 2. The molecule has 0 saturated carbocycles. The zero-order valence-electron chi connectivity index (χ0n) is 22.9. The fourth-order valence-electron chi connectivity index (χ4n) is 5.69. The summed E-state index contributed by atoms with van der Waals surface area (Å²) in [4.78, 5) is 52.8. The van der Waals surface area contributed by atoms with E-state index in [1.54, 1.807) is 43.3 Å². The second kappa shape index (κ2) is 12.1. The lowest BCUT2D eigenvalue weighted by Gasteiger charge is -2.46. The molecule has 2 fully saturated rings. The molecule has 0 aliphatic carbocycles. The number of carboxylic acids is 1. The number of hydrogen-bond donors (Lipinski definition) is 6. The number of thioether (sulfide) groups is 1. The fraction of sp³-hybridized carbons (Fsp3) is 0.379. The van der Waals surface area contributed by atoms with Gasteiger partial charge in [-0.3, -0.25) is 20.3 Å². The van der Waals surface area contributed by atoms with Gasteiger partial charge < -0.3 is 30.5 Å². The minimum Gasteiger partial charge on any atom is -0.478 e. The highest BCUT2D eigenvalue weighted by Gasteiger charge is 2.60. The minimum atomic E-state index is -1.09. The summed E-state index contributed by atoms with van der Waals surface area (Å²) >= 11 is 1.43. The van der Waals surface area contributed by atoms with Gasteiger partial charge in [0.15, 0.2) is 0 Å². The summed E-state index contributed by atoms with van der Waals surface area (Å²) in [5.74, 6) is -3.21. The molecular weight excluding hydrogens is 564 g/mol. The number of anilines is 2. The standard InChI is InChI=1S/C29H32N4O8S/c1-14-23-22(15(2)34)27(36)33(23)24(29(39)41-13-16-6-8-18(32-40)9-7-16)25(14)42-20-11-21(30-12-20)26(35)31-19-5-3-4-17(10-19)28(37)38/h3-10,14-15,20-23,30,32,34,40H,11-13H2,1-2H3,(H,31,35)(H,37,38)/t14-,15-,20+,21+,22-,23-/m1/s1. The van der Waals surface area contributed by atoms with E-state index < -0.39 is 30.0 Å². The van der Waals surface area contributed by atoms with Crippen LogP contribution in [-0.2, 0) is 25.7 Å². The molecule has 2 amide bonds. The van der Waals surface area contributed by atoms with E-state index in [0.29, 0.717) is 34.8 Å². The third-order valence-corrected chi connectivity index (χ3v) is 9.34. The van der Waals surface area contributed by atoms with Crippen molar-refractivity contribution < 1.29 is 39.3 Å². The number of esters is 1. The smallest absolute Gasteiger partial charge is 0.356 e. The summed E-state index contributed by atoms with van der Waals surface area (Å²) in [7, 11) is 0. The number of nitrogens with zero attached hydrogens (tertiary/aromatic N) is 1. The van der Waals surface area contributed by atoms with Crippen LogP contribution in [0.15, 0.2) is 59.1 Å². The topological polar surface area (TPSA) is 178 Å². The Morgan fingerprint density at radius 2 is 1.90 bits per heavy atom. The van der Waals surface area contributed by atoms with Crippen LogP contribution >= 0.6 is 11.8 Å². The zero-order chi connectivity index (χ0) is 30.1. The molecule has 0 bridgehead atoms. The Balaban J connectivity index is 1.29. The number of aliphatic hydroxyl groups is 1. The number of hydrogen-bond acceptors (Lipinski definition) is 10. The van der Waals surface area contributed by atoms with E-state index in [2.05, 4.69) is 10.6 Å². The average molecular weight is 597 g/mol. The van der Waals surface area contributed by atoms with Crippen LogP contribution in [0.4, 0.5) is 11.4 Å². The van der Waals surface area contributed by atoms with Crippen LogP contribution in [-0.4, -0.2) is 74.1 Å². The Morgan fingerprint density at radius 1 is 1.17 bits per heavy atom. The molecule has 0 spiro atoms. The molecule has 2 aromatic carbocycles. The molecule has 13 heteroatoms. The molecule has 0 unspecified atom stereocenters. The van der Waals surface area contributed by atoms with Gasteiger partial charge in [-0.1, -0.05) is 25.1 Å². The molecule has 222 valence electrons. The molecule has 42 heavy (non-hydrogen) atoms. The average Bonchev–Trinajstić information content (AvgIpc) is 3.53. The summed E-state index contributed by atoms with van der Waals surface area (Å²) in [6.07, 6.45) is -0.431. The van der Waals surface area contributed by atoms with Crippen LogP contribution in [0.25, 0.3) is 0 Å². The van der Waals surface area contributed by atoms with Crippen LogP contribution in [0.3, 0.4) is 0 Å². The summed E-state index contributed by atoms with van der Waals surface area (Å²) in [6.45, 7) is 3.92. The van der Waals surface area contributed by atoms with Gasteiger partial charge in [-0.15, -0.1) is 11.8 Å². The summed E-state index contributed by atoms with van der Waals surface area (Å²) in [6, 6.07) is 11.8. The first kappa shape index (κ1) is 29.6. The Morgan fingerprint density at radius 3 is 2.57 bits per heavy atom. The van der Waals surface area contributed by atoms with E-state index in [-0.39, 0.29) is 46.9 Å². The van der Waals surface area contributed by atoms with Crippen molar-refractivity contribution in [1.82, 2.24) is 10.2 Å². The van der Waals surface area contributed by atoms with Crippen molar-refractivity contribution in [2.75, 3.05) is 17.3 Å². The lowest BCUT2D eigenvalue weighted by molar-refractivity contribution is -0.164. The quantitative estimate of drug-likeness (QED) is 0.135. The van der Waals surface area contributed by atoms with Crippen LogP contribution in [0.2, 0.25) is 0 Å². The van der Waals surface area contributed by atoms with Gasteiger partial charge in [-0.05, 0) is 49.2 Å². The summed E-state index contributed by atoms with van der Waals surface area (Å²) in [5.41, 5.74) is 3.84. The number of rotatable bonds is 10. The van der Waals surface area contributed by atoms with Crippen molar-refractivity contribution in [2.45, 2.75) is 50.3 Å². The molecule has 6 N–H and O–H groups in total.